The third-order valence-corrected chi connectivity index (χ3v) is 5.19. The Bertz CT molecular complexity index is 712. The first-order valence-corrected chi connectivity index (χ1v) is 7.86. The van der Waals surface area contributed by atoms with Gasteiger partial charge >= 0.3 is 0 Å². The molecule has 2 atom stereocenters. The van der Waals surface area contributed by atoms with Crippen molar-refractivity contribution in [2.75, 3.05) is 13.1 Å². The molecule has 22 heavy (non-hydrogen) atoms. The first kappa shape index (κ1) is 13.5. The number of nitrogens with one attached hydrogen (secondary N) is 1. The lowest BCUT2D eigenvalue weighted by molar-refractivity contribution is 0.0438. The third kappa shape index (κ3) is 1.89. The summed E-state index contributed by atoms with van der Waals surface area (Å²) in [5.41, 5.74) is 3.09. The van der Waals surface area contributed by atoms with E-state index in [-0.39, 0.29) is 11.4 Å². The van der Waals surface area contributed by atoms with E-state index in [4.69, 9.17) is 0 Å². The van der Waals surface area contributed by atoms with Gasteiger partial charge in [-0.2, -0.15) is 0 Å². The Labute approximate surface area is 131 Å². The molecule has 2 aromatic rings. The van der Waals surface area contributed by atoms with E-state index in [1.54, 1.807) is 0 Å². The summed E-state index contributed by atoms with van der Waals surface area (Å²) in [6.07, 6.45) is 0. The van der Waals surface area contributed by atoms with Gasteiger partial charge in [0, 0.05) is 31.1 Å². The fourth-order valence-electron chi connectivity index (χ4n) is 3.93. The predicted octanol–water partition coefficient (Wildman–Crippen LogP) is 2.79. The minimum atomic E-state index is -0.152. The third-order valence-electron chi connectivity index (χ3n) is 5.19. The molecule has 0 spiro atoms. The number of carbonyl (C=O) groups excluding carboxylic acids is 1. The van der Waals surface area contributed by atoms with Crippen molar-refractivity contribution in [2.45, 2.75) is 24.9 Å². The van der Waals surface area contributed by atoms with Crippen LogP contribution in [0.5, 0.6) is 0 Å². The van der Waals surface area contributed by atoms with Crippen molar-refractivity contribution in [3.05, 3.63) is 71.3 Å². The predicted molar refractivity (Wildman–Crippen MR) is 86.8 cm³/mol. The van der Waals surface area contributed by atoms with Crippen LogP contribution in [0.15, 0.2) is 54.6 Å². The van der Waals surface area contributed by atoms with Crippen LogP contribution in [0.1, 0.15) is 34.3 Å². The largest absolute Gasteiger partial charge is 0.327 e. The highest BCUT2D eigenvalue weighted by Crippen LogP contribution is 2.43. The zero-order valence-corrected chi connectivity index (χ0v) is 12.8. The molecule has 2 aromatic carbocycles. The maximum absolute atomic E-state index is 13.1. The molecule has 0 saturated carbocycles. The monoisotopic (exact) mass is 292 g/mol. The number of carbonyl (C=O) groups is 1. The molecular weight excluding hydrogens is 272 g/mol. The van der Waals surface area contributed by atoms with Crippen molar-refractivity contribution in [3.8, 4) is 0 Å². The lowest BCUT2D eigenvalue weighted by atomic mass is 9.76. The SMILES string of the molecule is C[C@]12CNC[C@@H]1c1ccccc1C(=O)N2Cc1ccccc1. The van der Waals surface area contributed by atoms with E-state index >= 15 is 0 Å². The Morgan fingerprint density at radius 3 is 2.68 bits per heavy atom. The zero-order chi connectivity index (χ0) is 15.2. The number of rotatable bonds is 2. The fraction of sp³-hybridized carbons (Fsp3) is 0.316. The van der Waals surface area contributed by atoms with Crippen LogP contribution in [0.25, 0.3) is 0 Å². The first-order valence-electron chi connectivity index (χ1n) is 7.86. The molecule has 0 radical (unpaired) electrons. The minimum Gasteiger partial charge on any atom is -0.327 e. The average Bonchev–Trinajstić information content (AvgIpc) is 2.95. The standard InChI is InChI=1S/C19H20N2O/c1-19-13-20-11-17(19)15-9-5-6-10-16(15)18(22)21(19)12-14-7-3-2-4-8-14/h2-10,17,20H,11-13H2,1H3/t17-,19+/m1/s1. The van der Waals surface area contributed by atoms with E-state index in [0.29, 0.717) is 12.5 Å². The Kier molecular flexibility index (Phi) is 3.05. The summed E-state index contributed by atoms with van der Waals surface area (Å²) in [6, 6.07) is 18.3. The summed E-state index contributed by atoms with van der Waals surface area (Å²) in [5.74, 6) is 0.520. The van der Waals surface area contributed by atoms with Crippen molar-refractivity contribution in [3.63, 3.8) is 0 Å². The normalized spacial score (nSPS) is 26.7. The van der Waals surface area contributed by atoms with E-state index in [2.05, 4.69) is 35.3 Å². The van der Waals surface area contributed by atoms with Crippen molar-refractivity contribution in [1.82, 2.24) is 10.2 Å². The molecule has 2 aliphatic rings. The van der Waals surface area contributed by atoms with Crippen molar-refractivity contribution in [1.29, 1.82) is 0 Å². The summed E-state index contributed by atoms with van der Waals surface area (Å²) in [5, 5.41) is 3.49. The van der Waals surface area contributed by atoms with Gasteiger partial charge in [0.25, 0.3) is 5.91 Å². The maximum Gasteiger partial charge on any atom is 0.254 e. The molecule has 0 bridgehead atoms. The van der Waals surface area contributed by atoms with Gasteiger partial charge in [-0.1, -0.05) is 48.5 Å². The van der Waals surface area contributed by atoms with Crippen LogP contribution >= 0.6 is 0 Å². The van der Waals surface area contributed by atoms with Crippen LogP contribution < -0.4 is 5.32 Å². The second-order valence-corrected chi connectivity index (χ2v) is 6.50. The van der Waals surface area contributed by atoms with Crippen LogP contribution in [0.3, 0.4) is 0 Å². The number of fused-ring (bicyclic) bond motifs is 3. The molecule has 3 heteroatoms. The van der Waals surface area contributed by atoms with Gasteiger partial charge in [0.15, 0.2) is 0 Å². The molecule has 1 fully saturated rings. The highest BCUT2D eigenvalue weighted by Gasteiger charge is 2.50. The molecular formula is C19H20N2O. The summed E-state index contributed by atoms with van der Waals surface area (Å²) >= 11 is 0. The van der Waals surface area contributed by atoms with Crippen molar-refractivity contribution >= 4 is 5.91 Å². The van der Waals surface area contributed by atoms with E-state index < -0.39 is 0 Å². The Morgan fingerprint density at radius 2 is 1.86 bits per heavy atom. The summed E-state index contributed by atoms with van der Waals surface area (Å²) < 4.78 is 0. The van der Waals surface area contributed by atoms with Gasteiger partial charge in [0.2, 0.25) is 0 Å². The Morgan fingerprint density at radius 1 is 1.14 bits per heavy atom. The molecule has 2 heterocycles. The highest BCUT2D eigenvalue weighted by atomic mass is 16.2. The fourth-order valence-corrected chi connectivity index (χ4v) is 3.93. The minimum absolute atomic E-state index is 0.152. The Balaban J connectivity index is 1.79. The van der Waals surface area contributed by atoms with Gasteiger partial charge in [-0.05, 0) is 24.1 Å². The van der Waals surface area contributed by atoms with E-state index in [1.165, 1.54) is 11.1 Å². The molecule has 112 valence electrons. The number of hydrogen-bond acceptors (Lipinski definition) is 2. The number of nitrogens with zero attached hydrogens (tertiary/aromatic N) is 1. The molecule has 1 N–H and O–H groups in total. The molecule has 0 aliphatic carbocycles. The van der Waals surface area contributed by atoms with Crippen LogP contribution in [-0.4, -0.2) is 29.4 Å². The first-order chi connectivity index (χ1) is 10.7. The van der Waals surface area contributed by atoms with Gasteiger partial charge in [-0.25, -0.2) is 0 Å². The van der Waals surface area contributed by atoms with Crippen LogP contribution in [0.4, 0.5) is 0 Å². The Hall–Kier alpha value is -2.13. The maximum atomic E-state index is 13.1. The van der Waals surface area contributed by atoms with Crippen molar-refractivity contribution in [2.24, 2.45) is 0 Å². The highest BCUT2D eigenvalue weighted by molar-refractivity contribution is 5.98. The molecule has 0 aromatic heterocycles. The second kappa shape index (κ2) is 4.96. The summed E-state index contributed by atoms with van der Waals surface area (Å²) in [7, 11) is 0. The molecule has 3 nitrogen and oxygen atoms in total. The summed E-state index contributed by atoms with van der Waals surface area (Å²) in [6.45, 7) is 4.67. The topological polar surface area (TPSA) is 32.3 Å². The van der Waals surface area contributed by atoms with Gasteiger partial charge < -0.3 is 10.2 Å². The van der Waals surface area contributed by atoms with Crippen LogP contribution in [0, 0.1) is 0 Å². The number of benzene rings is 2. The van der Waals surface area contributed by atoms with E-state index in [9.17, 15) is 4.79 Å². The number of amides is 1. The van der Waals surface area contributed by atoms with E-state index in [1.807, 2.05) is 36.4 Å². The lowest BCUT2D eigenvalue weighted by Gasteiger charge is -2.46. The lowest BCUT2D eigenvalue weighted by Crippen LogP contribution is -2.56. The van der Waals surface area contributed by atoms with Crippen molar-refractivity contribution < 1.29 is 4.79 Å². The van der Waals surface area contributed by atoms with Gasteiger partial charge in [0.1, 0.15) is 0 Å². The average molecular weight is 292 g/mol. The quantitative estimate of drug-likeness (QED) is 0.923. The van der Waals surface area contributed by atoms with Gasteiger partial charge in [-0.15, -0.1) is 0 Å². The van der Waals surface area contributed by atoms with Gasteiger partial charge in [0.05, 0.1) is 5.54 Å². The molecule has 4 rings (SSSR count). The van der Waals surface area contributed by atoms with E-state index in [0.717, 1.165) is 18.7 Å². The number of hydrogen-bond donors (Lipinski definition) is 1. The molecule has 0 unspecified atom stereocenters. The molecule has 1 saturated heterocycles. The van der Waals surface area contributed by atoms with Crippen LogP contribution in [-0.2, 0) is 6.54 Å². The molecule has 2 aliphatic heterocycles. The smallest absolute Gasteiger partial charge is 0.254 e. The van der Waals surface area contributed by atoms with Gasteiger partial charge in [-0.3, -0.25) is 4.79 Å². The van der Waals surface area contributed by atoms with Crippen LogP contribution in [0.2, 0.25) is 0 Å². The zero-order valence-electron chi connectivity index (χ0n) is 12.8. The summed E-state index contributed by atoms with van der Waals surface area (Å²) in [4.78, 5) is 15.1. The molecule has 1 amide bonds. The second-order valence-electron chi connectivity index (χ2n) is 6.50.